The predicted molar refractivity (Wildman–Crippen MR) is 96.2 cm³/mol. The molecule has 8 nitrogen and oxygen atoms in total. The zero-order valence-corrected chi connectivity index (χ0v) is 14.7. The molecule has 3 amide bonds. The minimum Gasteiger partial charge on any atom is -0.341 e. The van der Waals surface area contributed by atoms with Crippen molar-refractivity contribution in [2.45, 2.75) is 19.3 Å². The van der Waals surface area contributed by atoms with Gasteiger partial charge in [-0.05, 0) is 42.7 Å². The number of nitro groups is 1. The number of likely N-dealkylation sites (tertiary alicyclic amines) is 1. The highest BCUT2D eigenvalue weighted by Gasteiger charge is 2.37. The molecular weight excluding hydrogens is 358 g/mol. The minimum atomic E-state index is -0.545. The van der Waals surface area contributed by atoms with Gasteiger partial charge in [0.05, 0.1) is 9.83 Å². The molecule has 0 aromatic heterocycles. The summed E-state index contributed by atoms with van der Waals surface area (Å²) >= 11 is 0.737. The number of amides is 3. The van der Waals surface area contributed by atoms with Crippen molar-refractivity contribution in [3.05, 3.63) is 44.8 Å². The number of carbonyl (C=O) groups excluding carboxylic acids is 3. The topological polar surface area (TPSA) is 101 Å². The number of nitrogens with zero attached hydrogens (tertiary/aromatic N) is 3. The molecule has 1 aromatic carbocycles. The Labute approximate surface area is 154 Å². The summed E-state index contributed by atoms with van der Waals surface area (Å²) in [4.78, 5) is 50.0. The van der Waals surface area contributed by atoms with Gasteiger partial charge < -0.3 is 4.90 Å². The van der Waals surface area contributed by atoms with Crippen LogP contribution >= 0.6 is 11.8 Å². The van der Waals surface area contributed by atoms with Crippen LogP contribution in [0.3, 0.4) is 0 Å². The van der Waals surface area contributed by atoms with E-state index in [2.05, 4.69) is 0 Å². The Balaban J connectivity index is 1.73. The van der Waals surface area contributed by atoms with Crippen molar-refractivity contribution in [3.8, 4) is 0 Å². The molecule has 2 heterocycles. The van der Waals surface area contributed by atoms with Gasteiger partial charge in [0.15, 0.2) is 0 Å². The van der Waals surface area contributed by atoms with Gasteiger partial charge in [0, 0.05) is 25.2 Å². The van der Waals surface area contributed by atoms with Gasteiger partial charge in [-0.2, -0.15) is 0 Å². The van der Waals surface area contributed by atoms with Gasteiger partial charge in [0.25, 0.3) is 16.8 Å². The minimum absolute atomic E-state index is 0.0988. The lowest BCUT2D eigenvalue weighted by molar-refractivity contribution is -0.384. The average Bonchev–Trinajstić information content (AvgIpc) is 2.90. The summed E-state index contributed by atoms with van der Waals surface area (Å²) in [6, 6.07) is 5.79. The molecular formula is C17H17N3O5S. The summed E-state index contributed by atoms with van der Waals surface area (Å²) in [7, 11) is 0. The first-order valence-corrected chi connectivity index (χ1v) is 9.05. The molecule has 0 unspecified atom stereocenters. The van der Waals surface area contributed by atoms with Crippen LogP contribution in [0, 0.1) is 10.1 Å². The number of nitro benzene ring substituents is 1. The van der Waals surface area contributed by atoms with Crippen LogP contribution in [0.5, 0.6) is 0 Å². The van der Waals surface area contributed by atoms with Crippen molar-refractivity contribution in [2.24, 2.45) is 0 Å². The number of hydrogen-bond acceptors (Lipinski definition) is 6. The van der Waals surface area contributed by atoms with Crippen molar-refractivity contribution in [2.75, 3.05) is 19.6 Å². The number of benzene rings is 1. The first-order valence-electron chi connectivity index (χ1n) is 8.23. The SMILES string of the molecule is O=C(CN1C(=O)S/C(=C\c2cccc([N+](=O)[O-])c2)C1=O)N1CCCCC1. The quantitative estimate of drug-likeness (QED) is 0.455. The molecule has 1 aromatic rings. The fourth-order valence-electron chi connectivity index (χ4n) is 2.89. The van der Waals surface area contributed by atoms with E-state index in [4.69, 9.17) is 0 Å². The largest absolute Gasteiger partial charge is 0.341 e. The molecule has 0 saturated carbocycles. The summed E-state index contributed by atoms with van der Waals surface area (Å²) in [5.74, 6) is -0.777. The highest BCUT2D eigenvalue weighted by atomic mass is 32.2. The Morgan fingerprint density at radius 3 is 2.65 bits per heavy atom. The Hall–Kier alpha value is -2.68. The predicted octanol–water partition coefficient (Wildman–Crippen LogP) is 2.64. The molecule has 0 aliphatic carbocycles. The molecule has 0 N–H and O–H groups in total. The monoisotopic (exact) mass is 375 g/mol. The lowest BCUT2D eigenvalue weighted by Crippen LogP contribution is -2.44. The lowest BCUT2D eigenvalue weighted by atomic mass is 10.1. The summed E-state index contributed by atoms with van der Waals surface area (Å²) in [5.41, 5.74) is 0.352. The fraction of sp³-hybridized carbons (Fsp3) is 0.353. The summed E-state index contributed by atoms with van der Waals surface area (Å²) in [6.45, 7) is 1.04. The van der Waals surface area contributed by atoms with Gasteiger partial charge in [-0.25, -0.2) is 0 Å². The van der Waals surface area contributed by atoms with Crippen LogP contribution in [-0.2, 0) is 9.59 Å². The van der Waals surface area contributed by atoms with Crippen LogP contribution in [0.2, 0.25) is 0 Å². The first-order chi connectivity index (χ1) is 12.5. The van der Waals surface area contributed by atoms with Gasteiger partial charge in [-0.15, -0.1) is 0 Å². The highest BCUT2D eigenvalue weighted by Crippen LogP contribution is 2.32. The van der Waals surface area contributed by atoms with Crippen molar-refractivity contribution in [1.82, 2.24) is 9.80 Å². The number of non-ortho nitro benzene ring substituents is 1. The Kier molecular flexibility index (Phi) is 5.36. The maximum Gasteiger partial charge on any atom is 0.294 e. The Bertz CT molecular complexity index is 801. The van der Waals surface area contributed by atoms with E-state index in [1.807, 2.05) is 0 Å². The van der Waals surface area contributed by atoms with Crippen molar-refractivity contribution in [1.29, 1.82) is 0 Å². The van der Waals surface area contributed by atoms with Crippen LogP contribution in [-0.4, -0.2) is 51.4 Å². The molecule has 0 spiro atoms. The number of hydrogen-bond donors (Lipinski definition) is 0. The van der Waals surface area contributed by atoms with Gasteiger partial charge >= 0.3 is 0 Å². The van der Waals surface area contributed by atoms with Crippen LogP contribution < -0.4 is 0 Å². The van der Waals surface area contributed by atoms with Gasteiger partial charge in [0.1, 0.15) is 6.54 Å². The lowest BCUT2D eigenvalue weighted by Gasteiger charge is -2.27. The molecule has 2 aliphatic heterocycles. The van der Waals surface area contributed by atoms with E-state index >= 15 is 0 Å². The summed E-state index contributed by atoms with van der Waals surface area (Å²) in [6.07, 6.45) is 4.38. The van der Waals surface area contributed by atoms with Crippen molar-refractivity contribution >= 4 is 40.6 Å². The Morgan fingerprint density at radius 2 is 1.96 bits per heavy atom. The molecule has 3 rings (SSSR count). The highest BCUT2D eigenvalue weighted by molar-refractivity contribution is 8.18. The van der Waals surface area contributed by atoms with E-state index in [-0.39, 0.29) is 23.0 Å². The number of rotatable bonds is 4. The fourth-order valence-corrected chi connectivity index (χ4v) is 3.73. The number of carbonyl (C=O) groups is 3. The molecule has 0 radical (unpaired) electrons. The summed E-state index contributed by atoms with van der Waals surface area (Å²) in [5, 5.41) is 10.3. The van der Waals surface area contributed by atoms with E-state index < -0.39 is 16.1 Å². The van der Waals surface area contributed by atoms with Crippen LogP contribution in [0.1, 0.15) is 24.8 Å². The van der Waals surface area contributed by atoms with Crippen LogP contribution in [0.15, 0.2) is 29.2 Å². The zero-order valence-electron chi connectivity index (χ0n) is 13.9. The van der Waals surface area contributed by atoms with Gasteiger partial charge in [-0.1, -0.05) is 12.1 Å². The van der Waals surface area contributed by atoms with Crippen LogP contribution in [0.25, 0.3) is 6.08 Å². The third kappa shape index (κ3) is 3.93. The maximum atomic E-state index is 12.5. The molecule has 136 valence electrons. The smallest absolute Gasteiger partial charge is 0.294 e. The third-order valence-electron chi connectivity index (χ3n) is 4.25. The molecule has 9 heteroatoms. The van der Waals surface area contributed by atoms with Gasteiger partial charge in [0.2, 0.25) is 5.91 Å². The Morgan fingerprint density at radius 1 is 1.23 bits per heavy atom. The molecule has 0 bridgehead atoms. The van der Waals surface area contributed by atoms with Crippen molar-refractivity contribution in [3.63, 3.8) is 0 Å². The summed E-state index contributed by atoms with van der Waals surface area (Å²) < 4.78 is 0. The average molecular weight is 375 g/mol. The number of thioether (sulfide) groups is 1. The standard InChI is InChI=1S/C17H17N3O5S/c21-15(18-7-2-1-3-8-18)11-19-16(22)14(26-17(19)23)10-12-5-4-6-13(9-12)20(24)25/h4-6,9-10H,1-3,7-8,11H2/b14-10-. The van der Waals surface area contributed by atoms with Gasteiger partial charge in [-0.3, -0.25) is 29.4 Å². The third-order valence-corrected chi connectivity index (χ3v) is 5.16. The second-order valence-electron chi connectivity index (χ2n) is 6.06. The second kappa shape index (κ2) is 7.69. The molecule has 2 aliphatic rings. The van der Waals surface area contributed by atoms with E-state index in [1.165, 1.54) is 24.3 Å². The van der Waals surface area contributed by atoms with Crippen molar-refractivity contribution < 1.29 is 19.3 Å². The van der Waals surface area contributed by atoms with E-state index in [0.717, 1.165) is 35.9 Å². The second-order valence-corrected chi connectivity index (χ2v) is 7.05. The number of imide groups is 1. The maximum absolute atomic E-state index is 12.5. The first kappa shape index (κ1) is 18.1. The van der Waals surface area contributed by atoms with Crippen LogP contribution in [0.4, 0.5) is 10.5 Å². The van der Waals surface area contributed by atoms with E-state index in [9.17, 15) is 24.5 Å². The number of piperidine rings is 1. The normalized spacial score (nSPS) is 19.3. The van der Waals surface area contributed by atoms with E-state index in [0.29, 0.717) is 18.7 Å². The van der Waals surface area contributed by atoms with E-state index in [1.54, 1.807) is 11.0 Å². The molecule has 0 atom stereocenters. The molecule has 2 fully saturated rings. The molecule has 26 heavy (non-hydrogen) atoms. The molecule has 2 saturated heterocycles. The zero-order chi connectivity index (χ0) is 18.7.